The molecule has 1 rings (SSSR count). The summed E-state index contributed by atoms with van der Waals surface area (Å²) < 4.78 is 5.36. The lowest BCUT2D eigenvalue weighted by Gasteiger charge is -2.34. The van der Waals surface area contributed by atoms with E-state index in [4.69, 9.17) is 16.3 Å². The van der Waals surface area contributed by atoms with Crippen LogP contribution in [0.25, 0.3) is 0 Å². The summed E-state index contributed by atoms with van der Waals surface area (Å²) in [4.78, 5) is 0. The highest BCUT2D eigenvalue weighted by molar-refractivity contribution is 6.20. The summed E-state index contributed by atoms with van der Waals surface area (Å²) in [7, 11) is 1.77. The van der Waals surface area contributed by atoms with Crippen molar-refractivity contribution in [3.05, 3.63) is 0 Å². The summed E-state index contributed by atoms with van der Waals surface area (Å²) in [5.41, 5.74) is 0.0602. The summed E-state index contributed by atoms with van der Waals surface area (Å²) in [5.74, 6) is 0. The molecule has 1 saturated carbocycles. The van der Waals surface area contributed by atoms with E-state index in [1.54, 1.807) is 7.11 Å². The maximum absolute atomic E-state index is 6.00. The van der Waals surface area contributed by atoms with Crippen LogP contribution in [0.3, 0.4) is 0 Å². The summed E-state index contributed by atoms with van der Waals surface area (Å²) >= 11 is 6.00. The Kier molecular flexibility index (Phi) is 2.59. The molecular formula is C8H15ClO. The second kappa shape index (κ2) is 3.10. The Morgan fingerprint density at radius 1 is 1.60 bits per heavy atom. The molecule has 0 amide bonds. The number of methoxy groups -OCH3 is 1. The monoisotopic (exact) mass is 162 g/mol. The minimum absolute atomic E-state index is 0.0602. The molecule has 0 aliphatic heterocycles. The topological polar surface area (TPSA) is 9.23 Å². The highest BCUT2D eigenvalue weighted by Crippen LogP contribution is 2.33. The van der Waals surface area contributed by atoms with Crippen LogP contribution in [0.1, 0.15) is 32.6 Å². The third-order valence-corrected chi connectivity index (χ3v) is 2.74. The summed E-state index contributed by atoms with van der Waals surface area (Å²) in [6.07, 6.45) is 4.52. The van der Waals surface area contributed by atoms with Crippen molar-refractivity contribution in [2.24, 2.45) is 0 Å². The van der Waals surface area contributed by atoms with E-state index in [0.29, 0.717) is 5.38 Å². The Balaban J connectivity index is 2.45. The van der Waals surface area contributed by atoms with Crippen LogP contribution in [0.5, 0.6) is 0 Å². The Hall–Kier alpha value is 0.250. The Bertz CT molecular complexity index is 116. The SMILES string of the molecule is COC1(C)CCCC(Cl)C1. The lowest BCUT2D eigenvalue weighted by Crippen LogP contribution is -2.34. The predicted molar refractivity (Wildman–Crippen MR) is 43.5 cm³/mol. The molecule has 0 aromatic carbocycles. The van der Waals surface area contributed by atoms with E-state index in [1.807, 2.05) is 0 Å². The van der Waals surface area contributed by atoms with Crippen molar-refractivity contribution in [3.63, 3.8) is 0 Å². The van der Waals surface area contributed by atoms with Gasteiger partial charge >= 0.3 is 0 Å². The molecule has 1 nitrogen and oxygen atoms in total. The summed E-state index contributed by atoms with van der Waals surface area (Å²) in [5, 5.41) is 0.332. The molecule has 2 atom stereocenters. The molecule has 0 N–H and O–H groups in total. The van der Waals surface area contributed by atoms with Gasteiger partial charge in [0.1, 0.15) is 0 Å². The van der Waals surface area contributed by atoms with Crippen molar-refractivity contribution in [2.75, 3.05) is 7.11 Å². The van der Waals surface area contributed by atoms with Gasteiger partial charge in [0.25, 0.3) is 0 Å². The highest BCUT2D eigenvalue weighted by Gasteiger charge is 2.30. The van der Waals surface area contributed by atoms with Crippen LogP contribution in [0, 0.1) is 0 Å². The fourth-order valence-corrected chi connectivity index (χ4v) is 2.04. The second-order valence-electron chi connectivity index (χ2n) is 3.35. The molecule has 0 aromatic rings. The van der Waals surface area contributed by atoms with Crippen molar-refractivity contribution in [1.82, 2.24) is 0 Å². The maximum Gasteiger partial charge on any atom is 0.0664 e. The van der Waals surface area contributed by atoms with Gasteiger partial charge in [-0.05, 0) is 32.6 Å². The van der Waals surface area contributed by atoms with E-state index < -0.39 is 0 Å². The Morgan fingerprint density at radius 3 is 2.70 bits per heavy atom. The van der Waals surface area contributed by atoms with Gasteiger partial charge < -0.3 is 4.74 Å². The Labute approximate surface area is 67.7 Å². The van der Waals surface area contributed by atoms with Gasteiger partial charge in [0.15, 0.2) is 0 Å². The van der Waals surface area contributed by atoms with E-state index in [2.05, 4.69) is 6.92 Å². The van der Waals surface area contributed by atoms with Crippen molar-refractivity contribution < 1.29 is 4.74 Å². The quantitative estimate of drug-likeness (QED) is 0.539. The number of halogens is 1. The molecule has 1 aliphatic rings. The van der Waals surface area contributed by atoms with Crippen molar-refractivity contribution in [2.45, 2.75) is 43.6 Å². The zero-order valence-electron chi connectivity index (χ0n) is 6.69. The molecule has 2 unspecified atom stereocenters. The fraction of sp³-hybridized carbons (Fsp3) is 1.00. The number of rotatable bonds is 1. The molecule has 0 spiro atoms. The molecule has 0 bridgehead atoms. The summed E-state index contributed by atoms with van der Waals surface area (Å²) in [6, 6.07) is 0. The first kappa shape index (κ1) is 8.35. The highest BCUT2D eigenvalue weighted by atomic mass is 35.5. The normalized spacial score (nSPS) is 41.7. The predicted octanol–water partition coefficient (Wildman–Crippen LogP) is 2.57. The third kappa shape index (κ3) is 1.86. The molecule has 60 valence electrons. The molecular weight excluding hydrogens is 148 g/mol. The molecule has 0 aromatic heterocycles. The average Bonchev–Trinajstić information content (AvgIpc) is 1.88. The lowest BCUT2D eigenvalue weighted by molar-refractivity contribution is -0.0219. The molecule has 10 heavy (non-hydrogen) atoms. The molecule has 0 saturated heterocycles. The van der Waals surface area contributed by atoms with E-state index in [1.165, 1.54) is 6.42 Å². The standard InChI is InChI=1S/C8H15ClO/c1-8(10-2)5-3-4-7(9)6-8/h7H,3-6H2,1-2H3. The molecule has 2 heteroatoms. The first-order valence-electron chi connectivity index (χ1n) is 3.85. The van der Waals surface area contributed by atoms with Gasteiger partial charge in [0.05, 0.1) is 5.60 Å². The van der Waals surface area contributed by atoms with E-state index in [0.717, 1.165) is 19.3 Å². The smallest absolute Gasteiger partial charge is 0.0664 e. The largest absolute Gasteiger partial charge is 0.378 e. The van der Waals surface area contributed by atoms with Gasteiger partial charge in [0, 0.05) is 12.5 Å². The van der Waals surface area contributed by atoms with E-state index in [9.17, 15) is 0 Å². The first-order valence-corrected chi connectivity index (χ1v) is 4.29. The van der Waals surface area contributed by atoms with Crippen LogP contribution >= 0.6 is 11.6 Å². The van der Waals surface area contributed by atoms with Gasteiger partial charge in [0.2, 0.25) is 0 Å². The molecule has 1 fully saturated rings. The van der Waals surface area contributed by atoms with Crippen LogP contribution in [0.4, 0.5) is 0 Å². The van der Waals surface area contributed by atoms with Crippen LogP contribution in [-0.4, -0.2) is 18.1 Å². The maximum atomic E-state index is 6.00. The first-order chi connectivity index (χ1) is 4.66. The van der Waals surface area contributed by atoms with Gasteiger partial charge in [-0.3, -0.25) is 0 Å². The van der Waals surface area contributed by atoms with Gasteiger partial charge in [-0.25, -0.2) is 0 Å². The summed E-state index contributed by atoms with van der Waals surface area (Å²) in [6.45, 7) is 2.14. The minimum atomic E-state index is 0.0602. The number of hydrogen-bond acceptors (Lipinski definition) is 1. The van der Waals surface area contributed by atoms with Crippen molar-refractivity contribution >= 4 is 11.6 Å². The zero-order chi connectivity index (χ0) is 7.61. The number of hydrogen-bond donors (Lipinski definition) is 0. The lowest BCUT2D eigenvalue weighted by atomic mass is 9.86. The average molecular weight is 163 g/mol. The van der Waals surface area contributed by atoms with E-state index >= 15 is 0 Å². The minimum Gasteiger partial charge on any atom is -0.378 e. The van der Waals surface area contributed by atoms with Crippen LogP contribution in [0.15, 0.2) is 0 Å². The van der Waals surface area contributed by atoms with Crippen LogP contribution < -0.4 is 0 Å². The molecule has 0 radical (unpaired) electrons. The van der Waals surface area contributed by atoms with Crippen molar-refractivity contribution in [3.8, 4) is 0 Å². The third-order valence-electron chi connectivity index (χ3n) is 2.37. The number of ether oxygens (including phenoxy) is 1. The van der Waals surface area contributed by atoms with E-state index in [-0.39, 0.29) is 5.60 Å². The molecule has 0 heterocycles. The van der Waals surface area contributed by atoms with Crippen LogP contribution in [0.2, 0.25) is 0 Å². The van der Waals surface area contributed by atoms with Crippen LogP contribution in [-0.2, 0) is 4.74 Å². The van der Waals surface area contributed by atoms with Gasteiger partial charge in [-0.1, -0.05) is 0 Å². The fourth-order valence-electron chi connectivity index (χ4n) is 1.56. The Morgan fingerprint density at radius 2 is 2.30 bits per heavy atom. The van der Waals surface area contributed by atoms with Crippen molar-refractivity contribution in [1.29, 1.82) is 0 Å². The van der Waals surface area contributed by atoms with Gasteiger partial charge in [-0.15, -0.1) is 11.6 Å². The molecule has 1 aliphatic carbocycles. The second-order valence-corrected chi connectivity index (χ2v) is 3.96. The number of alkyl halides is 1. The zero-order valence-corrected chi connectivity index (χ0v) is 7.45. The van der Waals surface area contributed by atoms with Gasteiger partial charge in [-0.2, -0.15) is 0 Å².